The van der Waals surface area contributed by atoms with E-state index in [0.717, 1.165) is 0 Å². The fourth-order valence-corrected chi connectivity index (χ4v) is 1.86. The summed E-state index contributed by atoms with van der Waals surface area (Å²) in [6.07, 6.45) is 0. The Morgan fingerprint density at radius 3 is 2.47 bits per heavy atom. The van der Waals surface area contributed by atoms with E-state index in [2.05, 4.69) is 33.0 Å². The number of carbonyl (C=O) groups excluding carboxylic acids is 1. The molecule has 0 radical (unpaired) electrons. The van der Waals surface area contributed by atoms with Gasteiger partial charge in [-0.2, -0.15) is 0 Å². The Balaban J connectivity index is 2.98. The molecule has 1 aromatic rings. The summed E-state index contributed by atoms with van der Waals surface area (Å²) in [7, 11) is 0. The van der Waals surface area contributed by atoms with Crippen LogP contribution in [-0.4, -0.2) is 12.5 Å². The van der Waals surface area contributed by atoms with Crippen LogP contribution >= 0.6 is 11.6 Å². The number of hydrogen-bond donors (Lipinski definition) is 3. The third-order valence-electron chi connectivity index (χ3n) is 3.44. The molecule has 5 heteroatoms. The molecule has 1 atom stereocenters. The predicted octanol–water partition coefficient (Wildman–Crippen LogP) is 3.12. The topological polar surface area (TPSA) is 81.1 Å². The van der Waals surface area contributed by atoms with Crippen LogP contribution in [0, 0.1) is 11.3 Å². The zero-order chi connectivity index (χ0) is 14.8. The molecule has 0 aliphatic carbocycles. The van der Waals surface area contributed by atoms with Gasteiger partial charge < -0.3 is 16.8 Å². The SMILES string of the molecule is CC(CNc1c(Cl)cc(N)cc1C(N)=O)C(C)(C)C. The summed E-state index contributed by atoms with van der Waals surface area (Å²) in [5.74, 6) is -0.137. The van der Waals surface area contributed by atoms with Gasteiger partial charge in [0.15, 0.2) is 0 Å². The minimum absolute atomic E-state index is 0.167. The normalized spacial score (nSPS) is 13.1. The second kappa shape index (κ2) is 5.70. The van der Waals surface area contributed by atoms with E-state index in [-0.39, 0.29) is 5.41 Å². The molecule has 1 rings (SSSR count). The Bertz CT molecular complexity index is 480. The largest absolute Gasteiger partial charge is 0.399 e. The highest BCUT2D eigenvalue weighted by Crippen LogP contribution is 2.31. The Morgan fingerprint density at radius 1 is 1.42 bits per heavy atom. The van der Waals surface area contributed by atoms with Crippen molar-refractivity contribution in [1.29, 1.82) is 0 Å². The Kier molecular flexibility index (Phi) is 4.69. The van der Waals surface area contributed by atoms with Crippen LogP contribution in [0.25, 0.3) is 0 Å². The van der Waals surface area contributed by atoms with Crippen LogP contribution < -0.4 is 16.8 Å². The van der Waals surface area contributed by atoms with Gasteiger partial charge >= 0.3 is 0 Å². The molecule has 1 amide bonds. The maximum absolute atomic E-state index is 11.4. The maximum atomic E-state index is 11.4. The molecule has 0 saturated heterocycles. The fourth-order valence-electron chi connectivity index (χ4n) is 1.56. The highest BCUT2D eigenvalue weighted by Gasteiger charge is 2.21. The van der Waals surface area contributed by atoms with Gasteiger partial charge in [0.05, 0.1) is 16.3 Å². The lowest BCUT2D eigenvalue weighted by Crippen LogP contribution is -2.26. The molecule has 0 aliphatic heterocycles. The summed E-state index contributed by atoms with van der Waals surface area (Å²) in [5, 5.41) is 3.62. The molecule has 0 heterocycles. The lowest BCUT2D eigenvalue weighted by atomic mass is 9.82. The highest BCUT2D eigenvalue weighted by atomic mass is 35.5. The van der Waals surface area contributed by atoms with E-state index < -0.39 is 5.91 Å². The van der Waals surface area contributed by atoms with Crippen molar-refractivity contribution in [2.24, 2.45) is 17.1 Å². The molecule has 106 valence electrons. The number of nitrogens with one attached hydrogen (secondary N) is 1. The van der Waals surface area contributed by atoms with Crippen LogP contribution in [0.1, 0.15) is 38.1 Å². The molecule has 0 aliphatic rings. The average molecular weight is 284 g/mol. The van der Waals surface area contributed by atoms with Gasteiger partial charge in [-0.15, -0.1) is 0 Å². The smallest absolute Gasteiger partial charge is 0.250 e. The van der Waals surface area contributed by atoms with Crippen molar-refractivity contribution < 1.29 is 4.79 Å². The van der Waals surface area contributed by atoms with Crippen LogP contribution in [-0.2, 0) is 0 Å². The van der Waals surface area contributed by atoms with Crippen molar-refractivity contribution in [3.8, 4) is 0 Å². The molecule has 1 aromatic carbocycles. The number of primary amides is 1. The van der Waals surface area contributed by atoms with E-state index in [0.29, 0.717) is 34.4 Å². The van der Waals surface area contributed by atoms with Crippen molar-refractivity contribution in [1.82, 2.24) is 0 Å². The summed E-state index contributed by atoms with van der Waals surface area (Å²) in [6.45, 7) is 9.34. The van der Waals surface area contributed by atoms with Crippen molar-refractivity contribution in [3.05, 3.63) is 22.7 Å². The van der Waals surface area contributed by atoms with E-state index in [1.54, 1.807) is 6.07 Å². The van der Waals surface area contributed by atoms with Crippen molar-refractivity contribution in [2.45, 2.75) is 27.7 Å². The van der Waals surface area contributed by atoms with Gasteiger partial charge in [-0.25, -0.2) is 0 Å². The van der Waals surface area contributed by atoms with Gasteiger partial charge in [-0.1, -0.05) is 39.3 Å². The van der Waals surface area contributed by atoms with Crippen LogP contribution in [0.4, 0.5) is 11.4 Å². The second-order valence-corrected chi connectivity index (χ2v) is 6.34. The van der Waals surface area contributed by atoms with Crippen LogP contribution in [0.15, 0.2) is 12.1 Å². The second-order valence-electron chi connectivity index (χ2n) is 5.94. The summed E-state index contributed by atoms with van der Waals surface area (Å²) < 4.78 is 0. The first-order chi connectivity index (χ1) is 8.62. The molecule has 0 aromatic heterocycles. The molecule has 19 heavy (non-hydrogen) atoms. The summed E-state index contributed by atoms with van der Waals surface area (Å²) in [6, 6.07) is 3.15. The molecule has 0 fully saturated rings. The molecule has 4 nitrogen and oxygen atoms in total. The van der Waals surface area contributed by atoms with Crippen LogP contribution in [0.3, 0.4) is 0 Å². The number of amides is 1. The number of halogens is 1. The number of benzene rings is 1. The molecular weight excluding hydrogens is 262 g/mol. The molecule has 0 bridgehead atoms. The predicted molar refractivity (Wildman–Crippen MR) is 81.5 cm³/mol. The van der Waals surface area contributed by atoms with Gasteiger partial charge in [-0.3, -0.25) is 4.79 Å². The van der Waals surface area contributed by atoms with Gasteiger partial charge in [-0.05, 0) is 23.5 Å². The summed E-state index contributed by atoms with van der Waals surface area (Å²) in [4.78, 5) is 11.4. The third-order valence-corrected chi connectivity index (χ3v) is 3.74. The number of nitrogen functional groups attached to an aromatic ring is 1. The number of nitrogens with two attached hydrogens (primary N) is 2. The van der Waals surface area contributed by atoms with E-state index >= 15 is 0 Å². The first-order valence-electron chi connectivity index (χ1n) is 6.25. The summed E-state index contributed by atoms with van der Waals surface area (Å²) in [5.41, 5.74) is 12.5. The Labute approximate surface area is 119 Å². The first kappa shape index (κ1) is 15.6. The van der Waals surface area contributed by atoms with Gasteiger partial charge in [0.1, 0.15) is 0 Å². The van der Waals surface area contributed by atoms with Gasteiger partial charge in [0.25, 0.3) is 5.91 Å². The molecule has 1 unspecified atom stereocenters. The number of carbonyl (C=O) groups is 1. The van der Waals surface area contributed by atoms with E-state index in [4.69, 9.17) is 23.1 Å². The third kappa shape index (κ3) is 4.03. The standard InChI is InChI=1S/C14H22ClN3O/c1-8(14(2,3)4)7-18-12-10(13(17)19)5-9(16)6-11(12)15/h5-6,8,18H,7,16H2,1-4H3,(H2,17,19). The average Bonchev–Trinajstić information content (AvgIpc) is 2.24. The van der Waals surface area contributed by atoms with Gasteiger partial charge in [0.2, 0.25) is 0 Å². The van der Waals surface area contributed by atoms with E-state index in [1.807, 2.05) is 0 Å². The van der Waals surface area contributed by atoms with Crippen LogP contribution in [0.5, 0.6) is 0 Å². The monoisotopic (exact) mass is 283 g/mol. The highest BCUT2D eigenvalue weighted by molar-refractivity contribution is 6.34. The molecular formula is C14H22ClN3O. The minimum Gasteiger partial charge on any atom is -0.399 e. The maximum Gasteiger partial charge on any atom is 0.250 e. The van der Waals surface area contributed by atoms with E-state index in [9.17, 15) is 4.79 Å². The summed E-state index contributed by atoms with van der Waals surface area (Å²) >= 11 is 6.13. The first-order valence-corrected chi connectivity index (χ1v) is 6.63. The van der Waals surface area contributed by atoms with Crippen molar-refractivity contribution >= 4 is 28.9 Å². The quantitative estimate of drug-likeness (QED) is 0.743. The van der Waals surface area contributed by atoms with E-state index in [1.165, 1.54) is 6.07 Å². The van der Waals surface area contributed by atoms with Crippen molar-refractivity contribution in [3.63, 3.8) is 0 Å². The lowest BCUT2D eigenvalue weighted by molar-refractivity contribution is 0.100. The molecule has 0 saturated carbocycles. The Morgan fingerprint density at radius 2 is 2.00 bits per heavy atom. The molecule has 0 spiro atoms. The zero-order valence-electron chi connectivity index (χ0n) is 11.9. The Hall–Kier alpha value is -1.42. The number of anilines is 2. The number of hydrogen-bond acceptors (Lipinski definition) is 3. The van der Waals surface area contributed by atoms with Crippen molar-refractivity contribution in [2.75, 3.05) is 17.6 Å². The van der Waals surface area contributed by atoms with Gasteiger partial charge in [0, 0.05) is 12.2 Å². The number of rotatable bonds is 4. The van der Waals surface area contributed by atoms with Crippen LogP contribution in [0.2, 0.25) is 5.02 Å². The minimum atomic E-state index is -0.542. The fraction of sp³-hybridized carbons (Fsp3) is 0.500. The lowest BCUT2D eigenvalue weighted by Gasteiger charge is -2.28. The molecule has 5 N–H and O–H groups in total. The zero-order valence-corrected chi connectivity index (χ0v) is 12.6.